The molecule has 0 saturated heterocycles. The first kappa shape index (κ1) is 16.5. The highest BCUT2D eigenvalue weighted by atomic mass is 32.2. The number of carbonyl (C=O) groups excluding carboxylic acids is 4. The van der Waals surface area contributed by atoms with Crippen LogP contribution in [0.15, 0.2) is 25.3 Å². The van der Waals surface area contributed by atoms with E-state index in [1.165, 1.54) is 0 Å². The van der Waals surface area contributed by atoms with Crippen molar-refractivity contribution in [2.75, 3.05) is 0 Å². The molecular weight excluding hydrogens is 280 g/mol. The van der Waals surface area contributed by atoms with Gasteiger partial charge < -0.3 is 8.37 Å². The van der Waals surface area contributed by atoms with E-state index in [9.17, 15) is 19.2 Å². The minimum atomic E-state index is -0.743. The smallest absolute Gasteiger partial charge is 0.318 e. The quantitative estimate of drug-likeness (QED) is 0.557. The van der Waals surface area contributed by atoms with Crippen molar-refractivity contribution in [3.8, 4) is 0 Å². The molecule has 0 rings (SSSR count). The van der Waals surface area contributed by atoms with Gasteiger partial charge in [0.2, 0.25) is 0 Å². The van der Waals surface area contributed by atoms with Gasteiger partial charge in [0, 0.05) is 0 Å². The minimum Gasteiger partial charge on any atom is -0.383 e. The lowest BCUT2D eigenvalue weighted by Crippen LogP contribution is -2.07. The Labute approximate surface area is 112 Å². The van der Waals surface area contributed by atoms with Gasteiger partial charge in [0.1, 0.15) is 24.1 Å². The van der Waals surface area contributed by atoms with E-state index in [0.29, 0.717) is 24.1 Å². The second kappa shape index (κ2) is 9.49. The Kier molecular flexibility index (Phi) is 8.67. The molecule has 98 valence electrons. The highest BCUT2D eigenvalue weighted by molar-refractivity contribution is 8.10. The fourth-order valence-electron chi connectivity index (χ4n) is 0.531. The van der Waals surface area contributed by atoms with Gasteiger partial charge in [0.05, 0.1) is 12.8 Å². The summed E-state index contributed by atoms with van der Waals surface area (Å²) in [6.45, 7) is 6.37. The molecule has 8 heteroatoms. The maximum atomic E-state index is 11.0. The lowest BCUT2D eigenvalue weighted by molar-refractivity contribution is -0.139. The Morgan fingerprint density at radius 2 is 1.17 bits per heavy atom. The molecule has 0 aromatic heterocycles. The van der Waals surface area contributed by atoms with E-state index < -0.39 is 22.2 Å². The van der Waals surface area contributed by atoms with Crippen molar-refractivity contribution in [2.45, 2.75) is 12.8 Å². The third kappa shape index (κ3) is 8.59. The summed E-state index contributed by atoms with van der Waals surface area (Å²) in [5.41, 5.74) is 0. The molecular formula is C10H10O6S2. The van der Waals surface area contributed by atoms with Crippen molar-refractivity contribution in [2.24, 2.45) is 0 Å². The fourth-order valence-corrected chi connectivity index (χ4v) is 1.18. The van der Waals surface area contributed by atoms with E-state index in [1.54, 1.807) is 0 Å². The standard InChI is InChI=1S/C10H10O6S2/c1-3-9(13)17-15-7(11)5-6-8(12)16-18-10(14)4-2/h3-4H,1-2,5-6H2. The lowest BCUT2D eigenvalue weighted by atomic mass is 10.3. The van der Waals surface area contributed by atoms with Crippen LogP contribution in [0.2, 0.25) is 0 Å². The van der Waals surface area contributed by atoms with E-state index in [-0.39, 0.29) is 12.8 Å². The molecule has 0 spiro atoms. The van der Waals surface area contributed by atoms with E-state index in [4.69, 9.17) is 0 Å². The van der Waals surface area contributed by atoms with Gasteiger partial charge in [0.15, 0.2) is 0 Å². The van der Waals surface area contributed by atoms with E-state index >= 15 is 0 Å². The van der Waals surface area contributed by atoms with Crippen LogP contribution in [0.3, 0.4) is 0 Å². The van der Waals surface area contributed by atoms with Crippen LogP contribution in [-0.2, 0) is 27.5 Å². The normalized spacial score (nSPS) is 9.11. The molecule has 0 aliphatic rings. The first-order valence-corrected chi connectivity index (χ1v) is 6.05. The van der Waals surface area contributed by atoms with E-state index in [2.05, 4.69) is 21.5 Å². The molecule has 0 radical (unpaired) electrons. The Balaban J connectivity index is 3.74. The van der Waals surface area contributed by atoms with Gasteiger partial charge in [-0.25, -0.2) is 0 Å². The summed E-state index contributed by atoms with van der Waals surface area (Å²) in [4.78, 5) is 43.5. The minimum absolute atomic E-state index is 0.251. The average Bonchev–Trinajstić information content (AvgIpc) is 2.39. The summed E-state index contributed by atoms with van der Waals surface area (Å²) < 4.78 is 8.90. The number of rotatable bonds is 5. The summed E-state index contributed by atoms with van der Waals surface area (Å²) in [6.07, 6.45) is 1.48. The Hall–Kier alpha value is -1.54. The first-order valence-electron chi connectivity index (χ1n) is 4.57. The molecule has 0 N–H and O–H groups in total. The predicted octanol–water partition coefficient (Wildman–Crippen LogP) is 1.57. The first-order chi connectivity index (χ1) is 8.49. The van der Waals surface area contributed by atoms with Crippen molar-refractivity contribution in [1.29, 1.82) is 0 Å². The molecule has 0 heterocycles. The summed E-state index contributed by atoms with van der Waals surface area (Å²) >= 11 is 0.654. The van der Waals surface area contributed by atoms with Crippen LogP contribution < -0.4 is 0 Å². The lowest BCUT2D eigenvalue weighted by Gasteiger charge is -2.00. The van der Waals surface area contributed by atoms with Crippen LogP contribution in [0.1, 0.15) is 12.8 Å². The molecule has 0 amide bonds. The van der Waals surface area contributed by atoms with Gasteiger partial charge in [-0.15, -0.1) is 0 Å². The zero-order valence-electron chi connectivity index (χ0n) is 9.25. The molecule has 0 saturated carbocycles. The van der Waals surface area contributed by atoms with Crippen LogP contribution in [0, 0.1) is 0 Å². The summed E-state index contributed by atoms with van der Waals surface area (Å²) in [7, 11) is 0. The van der Waals surface area contributed by atoms with Crippen molar-refractivity contribution < 1.29 is 27.5 Å². The monoisotopic (exact) mass is 290 g/mol. The van der Waals surface area contributed by atoms with Gasteiger partial charge in [-0.1, -0.05) is 13.2 Å². The topological polar surface area (TPSA) is 86.7 Å². The van der Waals surface area contributed by atoms with Crippen molar-refractivity contribution in [3.05, 3.63) is 25.3 Å². The van der Waals surface area contributed by atoms with Crippen LogP contribution in [0.4, 0.5) is 0 Å². The molecule has 0 bridgehead atoms. The zero-order chi connectivity index (χ0) is 14.0. The van der Waals surface area contributed by atoms with Crippen molar-refractivity contribution in [3.63, 3.8) is 0 Å². The molecule has 6 nitrogen and oxygen atoms in total. The highest BCUT2D eigenvalue weighted by Gasteiger charge is 2.12. The van der Waals surface area contributed by atoms with Crippen LogP contribution in [0.25, 0.3) is 0 Å². The molecule has 0 aromatic carbocycles. The van der Waals surface area contributed by atoms with Crippen LogP contribution in [-0.4, -0.2) is 22.2 Å². The molecule has 0 aliphatic carbocycles. The third-order valence-electron chi connectivity index (χ3n) is 1.30. The van der Waals surface area contributed by atoms with E-state index in [1.807, 2.05) is 0 Å². The number of hydrogen-bond acceptors (Lipinski definition) is 8. The number of hydrogen-bond donors (Lipinski definition) is 0. The second-order valence-electron chi connectivity index (χ2n) is 2.62. The molecule has 18 heavy (non-hydrogen) atoms. The number of carbonyl (C=O) groups is 4. The maximum absolute atomic E-state index is 11.0. The Morgan fingerprint density at radius 1 is 0.833 bits per heavy atom. The summed E-state index contributed by atoms with van der Waals surface area (Å²) in [5, 5.41) is -1.03. The van der Waals surface area contributed by atoms with Crippen LogP contribution in [0.5, 0.6) is 0 Å². The van der Waals surface area contributed by atoms with Gasteiger partial charge >= 0.3 is 11.9 Å². The highest BCUT2D eigenvalue weighted by Crippen LogP contribution is 2.10. The summed E-state index contributed by atoms with van der Waals surface area (Å²) in [5.74, 6) is -1.49. The SMILES string of the molecule is C=CC(=O)SOC(=O)CCC(=O)OSC(=O)C=C. The summed E-state index contributed by atoms with van der Waals surface area (Å²) in [6, 6.07) is 0. The molecule has 0 aliphatic heterocycles. The molecule has 0 atom stereocenters. The van der Waals surface area contributed by atoms with Crippen molar-refractivity contribution >= 4 is 46.3 Å². The third-order valence-corrected chi connectivity index (χ3v) is 2.50. The fraction of sp³-hybridized carbons (Fsp3) is 0.200. The van der Waals surface area contributed by atoms with Crippen molar-refractivity contribution in [1.82, 2.24) is 0 Å². The Morgan fingerprint density at radius 3 is 1.44 bits per heavy atom. The predicted molar refractivity (Wildman–Crippen MR) is 67.0 cm³/mol. The van der Waals surface area contributed by atoms with Crippen LogP contribution >= 0.6 is 24.1 Å². The molecule has 0 aromatic rings. The maximum Gasteiger partial charge on any atom is 0.318 e. The largest absolute Gasteiger partial charge is 0.383 e. The Bertz CT molecular complexity index is 341. The average molecular weight is 290 g/mol. The zero-order valence-corrected chi connectivity index (χ0v) is 10.9. The van der Waals surface area contributed by atoms with Gasteiger partial charge in [0.25, 0.3) is 10.2 Å². The van der Waals surface area contributed by atoms with Gasteiger partial charge in [-0.2, -0.15) is 0 Å². The second-order valence-corrected chi connectivity index (χ2v) is 4.10. The molecule has 0 unspecified atom stereocenters. The van der Waals surface area contributed by atoms with Gasteiger partial charge in [-0.3, -0.25) is 19.2 Å². The van der Waals surface area contributed by atoms with E-state index in [0.717, 1.165) is 12.2 Å². The van der Waals surface area contributed by atoms with Gasteiger partial charge in [-0.05, 0) is 12.2 Å². The molecule has 0 fully saturated rings.